The third-order valence-electron chi connectivity index (χ3n) is 4.23. The molecule has 2 aromatic rings. The third kappa shape index (κ3) is 3.75. The van der Waals surface area contributed by atoms with Gasteiger partial charge in [0.05, 0.1) is 31.1 Å². The molecule has 2 aromatic heterocycles. The van der Waals surface area contributed by atoms with Crippen LogP contribution in [0.15, 0.2) is 47.7 Å². The predicted molar refractivity (Wildman–Crippen MR) is 105 cm³/mol. The maximum atomic E-state index is 12.4. The minimum absolute atomic E-state index is 0.197. The maximum absolute atomic E-state index is 12.4. The van der Waals surface area contributed by atoms with Gasteiger partial charge in [0.25, 0.3) is 0 Å². The Bertz CT molecular complexity index is 984. The van der Waals surface area contributed by atoms with Crippen molar-refractivity contribution in [2.24, 2.45) is 5.10 Å². The molecule has 12 heteroatoms. The minimum Gasteiger partial charge on any atom is -0.463 e. The Morgan fingerprint density at radius 3 is 3.14 bits per heavy atom. The Morgan fingerprint density at radius 1 is 1.55 bits per heavy atom. The van der Waals surface area contributed by atoms with Crippen LogP contribution >= 0.6 is 11.3 Å². The number of amides is 3. The number of urea groups is 1. The number of carboxylic acid groups (broad SMARTS) is 1. The summed E-state index contributed by atoms with van der Waals surface area (Å²) in [6.07, 6.45) is 6.84. The Kier molecular flexibility index (Phi) is 5.10. The van der Waals surface area contributed by atoms with E-state index in [0.29, 0.717) is 18.8 Å². The zero-order valence-corrected chi connectivity index (χ0v) is 16.0. The highest BCUT2D eigenvalue weighted by Gasteiger charge is 2.41. The summed E-state index contributed by atoms with van der Waals surface area (Å²) in [4.78, 5) is 34.8. The number of hydroxylamine groups is 2. The van der Waals surface area contributed by atoms with Crippen molar-refractivity contribution >= 4 is 40.5 Å². The van der Waals surface area contributed by atoms with E-state index in [-0.39, 0.29) is 23.8 Å². The zero-order chi connectivity index (χ0) is 20.4. The lowest BCUT2D eigenvalue weighted by Crippen LogP contribution is -2.33. The summed E-state index contributed by atoms with van der Waals surface area (Å²) in [5, 5.41) is 21.7. The average molecular weight is 415 g/mol. The van der Waals surface area contributed by atoms with Crippen molar-refractivity contribution in [2.45, 2.75) is 6.04 Å². The second kappa shape index (κ2) is 7.85. The standard InChI is InChI=1S/C17H17N7O4S/c1-2-6-28-24-14-8-13(10-21(11-14)16(24)25)22-5-3-12(20-22)9-19-23(17(26)27)15-18-4-7-29-15/h2-5,7-9,14H,1,6,10-11H2,(H,26,27). The molecular formula is C17H17N7O4S. The molecule has 1 N–H and O–H groups in total. The topological polar surface area (TPSA) is 116 Å². The fourth-order valence-electron chi connectivity index (χ4n) is 3.00. The van der Waals surface area contributed by atoms with Gasteiger partial charge in [0.1, 0.15) is 5.69 Å². The lowest BCUT2D eigenvalue weighted by atomic mass is 10.2. The van der Waals surface area contributed by atoms with E-state index in [1.165, 1.54) is 17.5 Å². The first-order valence-electron chi connectivity index (χ1n) is 8.62. The monoisotopic (exact) mass is 415 g/mol. The zero-order valence-electron chi connectivity index (χ0n) is 15.2. The Labute approximate surface area is 169 Å². The summed E-state index contributed by atoms with van der Waals surface area (Å²) in [5.74, 6) is 0. The van der Waals surface area contributed by atoms with Gasteiger partial charge in [-0.1, -0.05) is 6.08 Å². The van der Waals surface area contributed by atoms with E-state index in [9.17, 15) is 14.7 Å². The first kappa shape index (κ1) is 18.8. The van der Waals surface area contributed by atoms with Crippen LogP contribution < -0.4 is 5.01 Å². The Hall–Kier alpha value is -3.51. The molecule has 1 atom stereocenters. The SMILES string of the molecule is C=CCON1C(=O)N2CC(n3ccc(C=NN(C(=O)O)c4nccs4)n3)=CC1C2. The second-order valence-electron chi connectivity index (χ2n) is 6.14. The smallest absolute Gasteiger partial charge is 0.434 e. The Balaban J connectivity index is 1.50. The average Bonchev–Trinajstić information content (AvgIpc) is 3.43. The molecule has 2 aliphatic rings. The number of aromatic nitrogens is 3. The highest BCUT2D eigenvalue weighted by atomic mass is 32.1. The molecule has 4 heterocycles. The number of carbonyl (C=O) groups excluding carboxylic acids is 1. The molecule has 1 fully saturated rings. The number of fused-ring (bicyclic) bond motifs is 2. The molecule has 29 heavy (non-hydrogen) atoms. The van der Waals surface area contributed by atoms with Gasteiger partial charge in [-0.05, 0) is 12.1 Å². The third-order valence-corrected chi connectivity index (χ3v) is 4.97. The molecule has 2 bridgehead atoms. The van der Waals surface area contributed by atoms with Crippen molar-refractivity contribution in [2.75, 3.05) is 24.7 Å². The highest BCUT2D eigenvalue weighted by Crippen LogP contribution is 2.26. The number of rotatable bonds is 7. The van der Waals surface area contributed by atoms with Crippen molar-refractivity contribution in [1.82, 2.24) is 24.7 Å². The van der Waals surface area contributed by atoms with Crippen molar-refractivity contribution < 1.29 is 19.5 Å². The van der Waals surface area contributed by atoms with Crippen LogP contribution in [0, 0.1) is 0 Å². The molecule has 1 unspecified atom stereocenters. The van der Waals surface area contributed by atoms with Gasteiger partial charge in [-0.2, -0.15) is 15.3 Å². The summed E-state index contributed by atoms with van der Waals surface area (Å²) in [7, 11) is 0. The molecule has 0 aromatic carbocycles. The van der Waals surface area contributed by atoms with E-state index in [0.717, 1.165) is 22.0 Å². The molecule has 2 aliphatic heterocycles. The van der Waals surface area contributed by atoms with E-state index >= 15 is 0 Å². The first-order chi connectivity index (χ1) is 14.1. The highest BCUT2D eigenvalue weighted by molar-refractivity contribution is 7.13. The number of hydrogen-bond acceptors (Lipinski definition) is 7. The van der Waals surface area contributed by atoms with Crippen LogP contribution in [0.5, 0.6) is 0 Å². The lowest BCUT2D eigenvalue weighted by molar-refractivity contribution is -0.107. The fraction of sp³-hybridized carbons (Fsp3) is 0.235. The summed E-state index contributed by atoms with van der Waals surface area (Å²) >= 11 is 1.16. The van der Waals surface area contributed by atoms with Gasteiger partial charge < -0.3 is 10.0 Å². The van der Waals surface area contributed by atoms with E-state index in [4.69, 9.17) is 4.84 Å². The van der Waals surface area contributed by atoms with Crippen LogP contribution in [-0.2, 0) is 4.84 Å². The fourth-order valence-corrected chi connectivity index (χ4v) is 3.59. The predicted octanol–water partition coefficient (Wildman–Crippen LogP) is 1.94. The summed E-state index contributed by atoms with van der Waals surface area (Å²) in [6, 6.07) is 1.30. The molecule has 11 nitrogen and oxygen atoms in total. The second-order valence-corrected chi connectivity index (χ2v) is 7.01. The van der Waals surface area contributed by atoms with Gasteiger partial charge >= 0.3 is 12.1 Å². The van der Waals surface area contributed by atoms with Crippen molar-refractivity contribution in [1.29, 1.82) is 0 Å². The summed E-state index contributed by atoms with van der Waals surface area (Å²) in [5.41, 5.74) is 1.28. The van der Waals surface area contributed by atoms with Gasteiger partial charge in [0.15, 0.2) is 0 Å². The number of thiazole rings is 1. The van der Waals surface area contributed by atoms with Crippen LogP contribution in [0.25, 0.3) is 5.70 Å². The number of carbonyl (C=O) groups is 2. The number of hydrogen-bond donors (Lipinski definition) is 1. The van der Waals surface area contributed by atoms with Gasteiger partial charge in [-0.25, -0.2) is 19.3 Å². The van der Waals surface area contributed by atoms with Crippen molar-refractivity contribution in [3.8, 4) is 0 Å². The van der Waals surface area contributed by atoms with Crippen molar-refractivity contribution in [3.05, 3.63) is 48.3 Å². The molecule has 0 radical (unpaired) electrons. The van der Waals surface area contributed by atoms with Gasteiger partial charge in [-0.15, -0.1) is 22.9 Å². The van der Waals surface area contributed by atoms with E-state index in [1.54, 1.807) is 33.3 Å². The molecular weight excluding hydrogens is 398 g/mol. The molecule has 4 rings (SSSR count). The molecule has 0 saturated carbocycles. The number of hydrazone groups is 1. The molecule has 150 valence electrons. The number of anilines is 1. The van der Waals surface area contributed by atoms with E-state index in [1.807, 2.05) is 6.08 Å². The van der Waals surface area contributed by atoms with E-state index < -0.39 is 6.09 Å². The molecule has 0 spiro atoms. The van der Waals surface area contributed by atoms with Crippen molar-refractivity contribution in [3.63, 3.8) is 0 Å². The lowest BCUT2D eigenvalue weighted by Gasteiger charge is -2.21. The van der Waals surface area contributed by atoms with Gasteiger partial charge in [0.2, 0.25) is 5.13 Å². The molecule has 3 amide bonds. The van der Waals surface area contributed by atoms with Crippen LogP contribution in [0.4, 0.5) is 14.7 Å². The summed E-state index contributed by atoms with van der Waals surface area (Å²) < 4.78 is 1.64. The first-order valence-corrected chi connectivity index (χ1v) is 9.50. The minimum atomic E-state index is -1.24. The Morgan fingerprint density at radius 2 is 2.41 bits per heavy atom. The number of nitrogens with zero attached hydrogens (tertiary/aromatic N) is 7. The van der Waals surface area contributed by atoms with Crippen LogP contribution in [-0.4, -0.2) is 73.9 Å². The largest absolute Gasteiger partial charge is 0.463 e. The normalized spacial score (nSPS) is 18.4. The van der Waals surface area contributed by atoms with Crippen LogP contribution in [0.2, 0.25) is 0 Å². The van der Waals surface area contributed by atoms with Crippen LogP contribution in [0.3, 0.4) is 0 Å². The summed E-state index contributed by atoms with van der Waals surface area (Å²) in [6.45, 7) is 4.79. The van der Waals surface area contributed by atoms with Gasteiger partial charge in [-0.3, -0.25) is 4.84 Å². The van der Waals surface area contributed by atoms with E-state index in [2.05, 4.69) is 21.8 Å². The molecule has 1 saturated heterocycles. The molecule has 0 aliphatic carbocycles. The van der Waals surface area contributed by atoms with Crippen LogP contribution in [0.1, 0.15) is 5.69 Å². The van der Waals surface area contributed by atoms with Gasteiger partial charge in [0, 0.05) is 24.3 Å². The quantitative estimate of drug-likeness (QED) is 0.420. The maximum Gasteiger partial charge on any atom is 0.434 e.